The van der Waals surface area contributed by atoms with Crippen LogP contribution in [0.25, 0.3) is 0 Å². The minimum Gasteiger partial charge on any atom is -0.480 e. The largest absolute Gasteiger partial charge is 0.480 e. The Labute approximate surface area is 101 Å². The van der Waals surface area contributed by atoms with Gasteiger partial charge < -0.3 is 10.0 Å². The molecule has 0 spiro atoms. The standard InChI is InChI=1S/C10H17NO5S/c1-10(2,17(3,15)16)9(14)11-6-4-5-7(11)8(12)13/h7H,4-6H2,1-3H3,(H,12,13)/t7-/m1/s1. The number of rotatable bonds is 3. The van der Waals surface area contributed by atoms with Gasteiger partial charge in [0.1, 0.15) is 10.8 Å². The van der Waals surface area contributed by atoms with Gasteiger partial charge in [-0.2, -0.15) is 0 Å². The molecule has 0 radical (unpaired) electrons. The second-order valence-corrected chi connectivity index (χ2v) is 7.34. The van der Waals surface area contributed by atoms with Crippen molar-refractivity contribution in [3.05, 3.63) is 0 Å². The number of aliphatic carboxylic acids is 1. The zero-order chi connectivity index (χ0) is 13.4. The van der Waals surface area contributed by atoms with Crippen molar-refractivity contribution in [2.75, 3.05) is 12.8 Å². The molecule has 7 heteroatoms. The Balaban J connectivity index is 3.02. The molecule has 0 aromatic heterocycles. The number of carbonyl (C=O) groups is 2. The fraction of sp³-hybridized carbons (Fsp3) is 0.800. The molecule has 1 saturated heterocycles. The summed E-state index contributed by atoms with van der Waals surface area (Å²) in [6.07, 6.45) is 1.94. The number of nitrogens with zero attached hydrogens (tertiary/aromatic N) is 1. The van der Waals surface area contributed by atoms with Crippen molar-refractivity contribution in [3.8, 4) is 0 Å². The molecule has 1 N–H and O–H groups in total. The van der Waals surface area contributed by atoms with E-state index in [2.05, 4.69) is 0 Å². The van der Waals surface area contributed by atoms with Gasteiger partial charge in [-0.15, -0.1) is 0 Å². The fourth-order valence-electron chi connectivity index (χ4n) is 1.77. The average Bonchev–Trinajstić information content (AvgIpc) is 2.62. The van der Waals surface area contributed by atoms with E-state index in [4.69, 9.17) is 5.11 Å². The molecule has 0 aromatic rings. The van der Waals surface area contributed by atoms with Crippen LogP contribution in [0.4, 0.5) is 0 Å². The van der Waals surface area contributed by atoms with E-state index in [0.717, 1.165) is 11.2 Å². The van der Waals surface area contributed by atoms with Gasteiger partial charge in [0.05, 0.1) is 0 Å². The lowest BCUT2D eigenvalue weighted by molar-refractivity contribution is -0.148. The fourth-order valence-corrected chi connectivity index (χ4v) is 2.21. The lowest BCUT2D eigenvalue weighted by atomic mass is 10.1. The maximum Gasteiger partial charge on any atom is 0.326 e. The van der Waals surface area contributed by atoms with Crippen molar-refractivity contribution in [2.24, 2.45) is 0 Å². The highest BCUT2D eigenvalue weighted by molar-refractivity contribution is 7.92. The molecule has 1 amide bonds. The number of hydrogen-bond acceptors (Lipinski definition) is 4. The minimum atomic E-state index is -3.57. The molecular weight excluding hydrogens is 246 g/mol. The predicted molar refractivity (Wildman–Crippen MR) is 61.3 cm³/mol. The molecule has 0 aromatic carbocycles. The van der Waals surface area contributed by atoms with E-state index in [1.54, 1.807) is 0 Å². The number of carboxylic acids is 1. The van der Waals surface area contributed by atoms with Crippen LogP contribution in [0.5, 0.6) is 0 Å². The van der Waals surface area contributed by atoms with E-state index in [-0.39, 0.29) is 0 Å². The third-order valence-corrected chi connectivity index (χ3v) is 5.27. The molecule has 17 heavy (non-hydrogen) atoms. The SMILES string of the molecule is CC(C)(C(=O)N1CCC[C@@H]1C(=O)O)S(C)(=O)=O. The molecule has 1 rings (SSSR count). The summed E-state index contributed by atoms with van der Waals surface area (Å²) in [5, 5.41) is 8.96. The van der Waals surface area contributed by atoms with Gasteiger partial charge in [0.2, 0.25) is 5.91 Å². The molecule has 0 saturated carbocycles. The Hall–Kier alpha value is -1.11. The zero-order valence-electron chi connectivity index (χ0n) is 10.1. The summed E-state index contributed by atoms with van der Waals surface area (Å²) >= 11 is 0. The van der Waals surface area contributed by atoms with Crippen LogP contribution in [-0.2, 0) is 19.4 Å². The van der Waals surface area contributed by atoms with Crippen LogP contribution < -0.4 is 0 Å². The van der Waals surface area contributed by atoms with Crippen molar-refractivity contribution >= 4 is 21.7 Å². The molecular formula is C10H17NO5S. The molecule has 0 aliphatic carbocycles. The summed E-state index contributed by atoms with van der Waals surface area (Å²) < 4.78 is 21.5. The van der Waals surface area contributed by atoms with Gasteiger partial charge in [-0.25, -0.2) is 13.2 Å². The van der Waals surface area contributed by atoms with Gasteiger partial charge in [-0.05, 0) is 26.7 Å². The van der Waals surface area contributed by atoms with Crippen molar-refractivity contribution in [3.63, 3.8) is 0 Å². The molecule has 0 bridgehead atoms. The Bertz CT molecular complexity index is 440. The van der Waals surface area contributed by atoms with Gasteiger partial charge in [0.15, 0.2) is 9.84 Å². The number of hydrogen-bond donors (Lipinski definition) is 1. The van der Waals surface area contributed by atoms with Crippen molar-refractivity contribution < 1.29 is 23.1 Å². The van der Waals surface area contributed by atoms with Gasteiger partial charge in [0.25, 0.3) is 0 Å². The smallest absolute Gasteiger partial charge is 0.326 e. The normalized spacial score (nSPS) is 21.6. The van der Waals surface area contributed by atoms with Gasteiger partial charge in [-0.3, -0.25) is 4.79 Å². The summed E-state index contributed by atoms with van der Waals surface area (Å²) in [5.41, 5.74) is 0. The highest BCUT2D eigenvalue weighted by Gasteiger charge is 2.46. The Morgan fingerprint density at radius 1 is 1.35 bits per heavy atom. The molecule has 0 unspecified atom stereocenters. The Morgan fingerprint density at radius 2 is 1.88 bits per heavy atom. The van der Waals surface area contributed by atoms with Crippen LogP contribution in [0.2, 0.25) is 0 Å². The Morgan fingerprint density at radius 3 is 2.29 bits per heavy atom. The minimum absolute atomic E-state index is 0.300. The molecule has 6 nitrogen and oxygen atoms in total. The Kier molecular flexibility index (Phi) is 3.52. The van der Waals surface area contributed by atoms with E-state index < -0.39 is 32.5 Å². The first-order valence-electron chi connectivity index (χ1n) is 5.32. The number of likely N-dealkylation sites (tertiary alicyclic amines) is 1. The van der Waals surface area contributed by atoms with Crippen molar-refractivity contribution in [2.45, 2.75) is 37.5 Å². The van der Waals surface area contributed by atoms with Crippen LogP contribution in [0, 0.1) is 0 Å². The van der Waals surface area contributed by atoms with Gasteiger partial charge in [0, 0.05) is 12.8 Å². The quantitative estimate of drug-likeness (QED) is 0.766. The number of amides is 1. The summed E-state index contributed by atoms with van der Waals surface area (Å²) in [5.74, 6) is -1.72. The summed E-state index contributed by atoms with van der Waals surface area (Å²) in [6.45, 7) is 2.92. The highest BCUT2D eigenvalue weighted by atomic mass is 32.2. The lowest BCUT2D eigenvalue weighted by Gasteiger charge is -2.30. The molecule has 1 fully saturated rings. The molecule has 1 aliphatic heterocycles. The van der Waals surface area contributed by atoms with E-state index in [9.17, 15) is 18.0 Å². The van der Waals surface area contributed by atoms with Gasteiger partial charge >= 0.3 is 5.97 Å². The number of carboxylic acid groups (broad SMARTS) is 1. The van der Waals surface area contributed by atoms with E-state index in [1.807, 2.05) is 0 Å². The van der Waals surface area contributed by atoms with Crippen LogP contribution in [0.1, 0.15) is 26.7 Å². The summed E-state index contributed by atoms with van der Waals surface area (Å²) in [7, 11) is -3.57. The topological polar surface area (TPSA) is 91.8 Å². The van der Waals surface area contributed by atoms with Crippen LogP contribution >= 0.6 is 0 Å². The maximum absolute atomic E-state index is 12.1. The molecule has 98 valence electrons. The first-order chi connectivity index (χ1) is 7.59. The van der Waals surface area contributed by atoms with E-state index in [0.29, 0.717) is 19.4 Å². The summed E-state index contributed by atoms with van der Waals surface area (Å²) in [6, 6.07) is -0.900. The predicted octanol–water partition coefficient (Wildman–Crippen LogP) is -0.115. The second kappa shape index (κ2) is 4.29. The molecule has 1 aliphatic rings. The second-order valence-electron chi connectivity index (χ2n) is 4.78. The third-order valence-electron chi connectivity index (χ3n) is 3.24. The monoisotopic (exact) mass is 263 g/mol. The molecule has 1 heterocycles. The first kappa shape index (κ1) is 14.0. The molecule has 1 atom stereocenters. The van der Waals surface area contributed by atoms with Crippen LogP contribution in [-0.4, -0.2) is 53.9 Å². The number of carbonyl (C=O) groups excluding carboxylic acids is 1. The number of sulfone groups is 1. The zero-order valence-corrected chi connectivity index (χ0v) is 11.0. The average molecular weight is 263 g/mol. The lowest BCUT2D eigenvalue weighted by Crippen LogP contribution is -2.52. The van der Waals surface area contributed by atoms with Crippen LogP contribution in [0.3, 0.4) is 0 Å². The summed E-state index contributed by atoms with van der Waals surface area (Å²) in [4.78, 5) is 24.2. The highest BCUT2D eigenvalue weighted by Crippen LogP contribution is 2.25. The van der Waals surface area contributed by atoms with E-state index >= 15 is 0 Å². The third kappa shape index (κ3) is 2.43. The maximum atomic E-state index is 12.1. The van der Waals surface area contributed by atoms with E-state index in [1.165, 1.54) is 13.8 Å². The van der Waals surface area contributed by atoms with Crippen LogP contribution in [0.15, 0.2) is 0 Å². The first-order valence-corrected chi connectivity index (χ1v) is 7.21. The van der Waals surface area contributed by atoms with Crippen molar-refractivity contribution in [1.82, 2.24) is 4.90 Å². The van der Waals surface area contributed by atoms with Gasteiger partial charge in [-0.1, -0.05) is 0 Å². The van der Waals surface area contributed by atoms with Crippen molar-refractivity contribution in [1.29, 1.82) is 0 Å².